The molecule has 0 radical (unpaired) electrons. The number of hydrogen-bond donors (Lipinski definition) is 0. The summed E-state index contributed by atoms with van der Waals surface area (Å²) in [5.41, 5.74) is 2.48. The Labute approximate surface area is 131 Å². The van der Waals surface area contributed by atoms with Gasteiger partial charge in [0.2, 0.25) is 5.78 Å². The van der Waals surface area contributed by atoms with Gasteiger partial charge in [0.25, 0.3) is 0 Å². The number of carbonyl (C=O) groups excluding carboxylic acids is 1. The SMILES string of the molecule is Cc1nn(C)c(C)c1C(=O)c1cc2cc(Cl)cc(Cl)c2o1. The molecule has 3 aromatic rings. The maximum absolute atomic E-state index is 12.6. The van der Waals surface area contributed by atoms with E-state index in [-0.39, 0.29) is 11.5 Å². The molecule has 0 amide bonds. The van der Waals surface area contributed by atoms with Crippen molar-refractivity contribution >= 4 is 40.0 Å². The molecule has 2 aromatic heterocycles. The Bertz CT molecular complexity index is 878. The summed E-state index contributed by atoms with van der Waals surface area (Å²) in [6.07, 6.45) is 0. The van der Waals surface area contributed by atoms with Crippen molar-refractivity contribution in [1.29, 1.82) is 0 Å². The van der Waals surface area contributed by atoms with E-state index in [0.29, 0.717) is 32.3 Å². The van der Waals surface area contributed by atoms with E-state index >= 15 is 0 Å². The van der Waals surface area contributed by atoms with Gasteiger partial charge in [0.1, 0.15) is 0 Å². The zero-order chi connectivity index (χ0) is 15.3. The Balaban J connectivity index is 2.16. The lowest BCUT2D eigenvalue weighted by Gasteiger charge is -1.98. The largest absolute Gasteiger partial charge is 0.451 e. The van der Waals surface area contributed by atoms with Crippen LogP contribution in [-0.2, 0) is 7.05 Å². The van der Waals surface area contributed by atoms with Crippen LogP contribution in [0.5, 0.6) is 0 Å². The number of hydrogen-bond acceptors (Lipinski definition) is 3. The average Bonchev–Trinajstić information content (AvgIpc) is 2.92. The van der Waals surface area contributed by atoms with Crippen molar-refractivity contribution in [1.82, 2.24) is 9.78 Å². The smallest absolute Gasteiger partial charge is 0.231 e. The number of furan rings is 1. The van der Waals surface area contributed by atoms with Gasteiger partial charge in [0.15, 0.2) is 11.3 Å². The maximum atomic E-state index is 12.6. The molecule has 1 aromatic carbocycles. The van der Waals surface area contributed by atoms with E-state index < -0.39 is 0 Å². The third kappa shape index (κ3) is 2.24. The first-order valence-corrected chi connectivity index (χ1v) is 7.07. The van der Waals surface area contributed by atoms with Crippen LogP contribution in [0.2, 0.25) is 10.0 Å². The number of nitrogens with zero attached hydrogens (tertiary/aromatic N) is 2. The number of carbonyl (C=O) groups is 1. The molecule has 21 heavy (non-hydrogen) atoms. The van der Waals surface area contributed by atoms with Crippen LogP contribution < -0.4 is 0 Å². The van der Waals surface area contributed by atoms with Gasteiger partial charge in [-0.3, -0.25) is 9.48 Å². The molecular formula is C15H12Cl2N2O2. The number of aryl methyl sites for hydroxylation is 2. The maximum Gasteiger partial charge on any atom is 0.231 e. The van der Waals surface area contributed by atoms with E-state index in [1.807, 2.05) is 6.92 Å². The van der Waals surface area contributed by atoms with Crippen molar-refractivity contribution in [2.75, 3.05) is 0 Å². The standard InChI is InChI=1S/C15H12Cl2N2O2/c1-7-13(8(2)19(3)18-7)14(20)12-5-9-4-10(16)6-11(17)15(9)21-12/h4-6H,1-3H3. The van der Waals surface area contributed by atoms with Crippen LogP contribution in [-0.4, -0.2) is 15.6 Å². The number of rotatable bonds is 2. The lowest BCUT2D eigenvalue weighted by Crippen LogP contribution is -2.03. The summed E-state index contributed by atoms with van der Waals surface area (Å²) in [7, 11) is 1.80. The number of halogens is 2. The number of ketones is 1. The van der Waals surface area contributed by atoms with Gasteiger partial charge >= 0.3 is 0 Å². The molecular weight excluding hydrogens is 311 g/mol. The molecule has 0 atom stereocenters. The summed E-state index contributed by atoms with van der Waals surface area (Å²) in [4.78, 5) is 12.6. The first-order chi connectivity index (χ1) is 9.88. The Hall–Kier alpha value is -1.78. The highest BCUT2D eigenvalue weighted by Crippen LogP contribution is 2.31. The van der Waals surface area contributed by atoms with Crippen molar-refractivity contribution < 1.29 is 9.21 Å². The fourth-order valence-electron chi connectivity index (χ4n) is 2.41. The van der Waals surface area contributed by atoms with Crippen LogP contribution in [0, 0.1) is 13.8 Å². The second-order valence-corrected chi connectivity index (χ2v) is 5.76. The highest BCUT2D eigenvalue weighted by molar-refractivity contribution is 6.38. The lowest BCUT2D eigenvalue weighted by atomic mass is 10.1. The van der Waals surface area contributed by atoms with E-state index in [0.717, 1.165) is 5.69 Å². The second-order valence-electron chi connectivity index (χ2n) is 4.92. The van der Waals surface area contributed by atoms with Crippen molar-refractivity contribution in [2.45, 2.75) is 13.8 Å². The molecule has 3 rings (SSSR count). The molecule has 0 saturated heterocycles. The molecule has 0 unspecified atom stereocenters. The van der Waals surface area contributed by atoms with E-state index in [1.165, 1.54) is 0 Å². The molecule has 0 aliphatic heterocycles. The zero-order valence-electron chi connectivity index (χ0n) is 11.7. The number of aromatic nitrogens is 2. The zero-order valence-corrected chi connectivity index (χ0v) is 13.2. The van der Waals surface area contributed by atoms with Crippen LogP contribution in [0.4, 0.5) is 0 Å². The molecule has 0 spiro atoms. The summed E-state index contributed by atoms with van der Waals surface area (Å²) >= 11 is 12.0. The second kappa shape index (κ2) is 4.90. The van der Waals surface area contributed by atoms with Crippen molar-refractivity contribution in [3.05, 3.63) is 51.0 Å². The molecule has 0 N–H and O–H groups in total. The summed E-state index contributed by atoms with van der Waals surface area (Å²) in [6.45, 7) is 3.65. The first-order valence-electron chi connectivity index (χ1n) is 6.32. The van der Waals surface area contributed by atoms with E-state index in [2.05, 4.69) is 5.10 Å². The van der Waals surface area contributed by atoms with Gasteiger partial charge in [-0.25, -0.2) is 0 Å². The summed E-state index contributed by atoms with van der Waals surface area (Å²) in [6, 6.07) is 4.96. The molecule has 2 heterocycles. The molecule has 0 aliphatic carbocycles. The molecule has 108 valence electrons. The third-order valence-electron chi connectivity index (χ3n) is 3.50. The topological polar surface area (TPSA) is 48.0 Å². The van der Waals surface area contributed by atoms with Crippen LogP contribution in [0.1, 0.15) is 27.5 Å². The summed E-state index contributed by atoms with van der Waals surface area (Å²) < 4.78 is 7.29. The van der Waals surface area contributed by atoms with Gasteiger partial charge in [-0.1, -0.05) is 23.2 Å². The van der Waals surface area contributed by atoms with Gasteiger partial charge < -0.3 is 4.42 Å². The quantitative estimate of drug-likeness (QED) is 0.660. The Morgan fingerprint density at radius 1 is 1.24 bits per heavy atom. The third-order valence-corrected chi connectivity index (χ3v) is 3.99. The molecule has 4 nitrogen and oxygen atoms in total. The van der Waals surface area contributed by atoms with Crippen LogP contribution in [0.3, 0.4) is 0 Å². The van der Waals surface area contributed by atoms with E-state index in [4.69, 9.17) is 27.6 Å². The van der Waals surface area contributed by atoms with Gasteiger partial charge in [-0.05, 0) is 32.0 Å². The average molecular weight is 323 g/mol. The number of benzene rings is 1. The minimum Gasteiger partial charge on any atom is -0.451 e. The first kappa shape index (κ1) is 14.2. The lowest BCUT2D eigenvalue weighted by molar-refractivity contribution is 0.101. The Morgan fingerprint density at radius 2 is 1.95 bits per heavy atom. The molecule has 6 heteroatoms. The van der Waals surface area contributed by atoms with E-state index in [9.17, 15) is 4.79 Å². The van der Waals surface area contributed by atoms with Crippen molar-refractivity contribution in [3.63, 3.8) is 0 Å². The monoisotopic (exact) mass is 322 g/mol. The summed E-state index contributed by atoms with van der Waals surface area (Å²) in [5, 5.41) is 5.84. The Morgan fingerprint density at radius 3 is 2.57 bits per heavy atom. The molecule has 0 bridgehead atoms. The van der Waals surface area contributed by atoms with Crippen molar-refractivity contribution in [2.24, 2.45) is 7.05 Å². The minimum atomic E-state index is -0.207. The van der Waals surface area contributed by atoms with Crippen LogP contribution in [0.25, 0.3) is 11.0 Å². The van der Waals surface area contributed by atoms with Crippen LogP contribution >= 0.6 is 23.2 Å². The normalized spacial score (nSPS) is 11.3. The van der Waals surface area contributed by atoms with Gasteiger partial charge in [-0.2, -0.15) is 5.10 Å². The molecule has 0 saturated carbocycles. The Kier molecular flexibility index (Phi) is 3.30. The van der Waals surface area contributed by atoms with Gasteiger partial charge in [0, 0.05) is 23.2 Å². The van der Waals surface area contributed by atoms with Crippen LogP contribution in [0.15, 0.2) is 22.6 Å². The summed E-state index contributed by atoms with van der Waals surface area (Å²) in [5.74, 6) is 0.0230. The fraction of sp³-hybridized carbons (Fsp3) is 0.200. The predicted octanol–water partition coefficient (Wildman–Crippen LogP) is 4.32. The highest BCUT2D eigenvalue weighted by Gasteiger charge is 2.22. The van der Waals surface area contributed by atoms with Crippen molar-refractivity contribution in [3.8, 4) is 0 Å². The van der Waals surface area contributed by atoms with Gasteiger partial charge in [0.05, 0.1) is 16.3 Å². The minimum absolute atomic E-state index is 0.207. The fourth-order valence-corrected chi connectivity index (χ4v) is 2.96. The molecule has 0 fully saturated rings. The predicted molar refractivity (Wildman–Crippen MR) is 82.3 cm³/mol. The number of fused-ring (bicyclic) bond motifs is 1. The van der Waals surface area contributed by atoms with Gasteiger partial charge in [-0.15, -0.1) is 0 Å². The van der Waals surface area contributed by atoms with E-state index in [1.54, 1.807) is 36.9 Å². The highest BCUT2D eigenvalue weighted by atomic mass is 35.5. The molecule has 0 aliphatic rings.